The lowest BCUT2D eigenvalue weighted by Gasteiger charge is -2.04. The second kappa shape index (κ2) is 3.09. The lowest BCUT2D eigenvalue weighted by Crippen LogP contribution is -2.10. The predicted octanol–water partition coefficient (Wildman–Crippen LogP) is 2.08. The van der Waals surface area contributed by atoms with Gasteiger partial charge in [0, 0.05) is 0 Å². The minimum absolute atomic E-state index is 0.839. The summed E-state index contributed by atoms with van der Waals surface area (Å²) in [4.78, 5) is 0. The van der Waals surface area contributed by atoms with Crippen LogP contribution in [-0.2, 0) is 0 Å². The van der Waals surface area contributed by atoms with Crippen LogP contribution in [0.5, 0.6) is 5.75 Å². The van der Waals surface area contributed by atoms with Crippen molar-refractivity contribution >= 4 is 17.2 Å². The average Bonchev–Trinajstić information content (AvgIpc) is 2.15. The molecule has 0 saturated carbocycles. The van der Waals surface area contributed by atoms with Crippen molar-refractivity contribution in [2.75, 3.05) is 0 Å². The molecule has 0 aliphatic carbocycles. The van der Waals surface area contributed by atoms with Gasteiger partial charge in [-0.05, 0) is 30.8 Å². The van der Waals surface area contributed by atoms with Gasteiger partial charge in [-0.1, -0.05) is 0 Å². The van der Waals surface area contributed by atoms with E-state index in [9.17, 15) is 0 Å². The van der Waals surface area contributed by atoms with Gasteiger partial charge in [-0.15, -0.1) is 8.19 Å². The van der Waals surface area contributed by atoms with Gasteiger partial charge >= 0.3 is 0 Å². The van der Waals surface area contributed by atoms with E-state index in [0.29, 0.717) is 0 Å². The quantitative estimate of drug-likeness (QED) is 0.599. The van der Waals surface area contributed by atoms with E-state index in [2.05, 4.69) is 30.8 Å². The zero-order valence-corrected chi connectivity index (χ0v) is 7.87. The standard InChI is InChI=1S/C6H11OPSi/c1-9(2)7-6-3-4-8-5-6/h3-5,8-9H,1-2H3. The fourth-order valence-electron chi connectivity index (χ4n) is 0.654. The molecule has 1 nitrogen and oxygen atoms in total. The molecule has 50 valence electrons. The summed E-state index contributed by atoms with van der Waals surface area (Å²) in [5, 5.41) is 0. The van der Waals surface area contributed by atoms with Gasteiger partial charge in [0.2, 0.25) is 9.04 Å². The maximum Gasteiger partial charge on any atom is 0.229 e. The van der Waals surface area contributed by atoms with Crippen LogP contribution in [0.1, 0.15) is 0 Å². The topological polar surface area (TPSA) is 9.23 Å². The predicted molar refractivity (Wildman–Crippen MR) is 45.4 cm³/mol. The Morgan fingerprint density at radius 3 is 2.78 bits per heavy atom. The molecule has 0 radical (unpaired) electrons. The third-order valence-corrected chi connectivity index (χ3v) is 2.50. The highest BCUT2D eigenvalue weighted by molar-refractivity contribution is 7.28. The van der Waals surface area contributed by atoms with Gasteiger partial charge in [-0.3, -0.25) is 0 Å². The van der Waals surface area contributed by atoms with Crippen molar-refractivity contribution in [1.82, 2.24) is 0 Å². The summed E-state index contributed by atoms with van der Waals surface area (Å²) < 4.78 is 5.53. The second-order valence-electron chi connectivity index (χ2n) is 2.21. The summed E-state index contributed by atoms with van der Waals surface area (Å²) in [6.07, 6.45) is 0. The molecule has 0 aromatic carbocycles. The Hall–Kier alpha value is -0.203. The summed E-state index contributed by atoms with van der Waals surface area (Å²) >= 11 is 0. The van der Waals surface area contributed by atoms with E-state index in [1.54, 1.807) is 0 Å². The summed E-state index contributed by atoms with van der Waals surface area (Å²) in [5.41, 5.74) is 0. The van der Waals surface area contributed by atoms with Crippen LogP contribution in [0, 0.1) is 0 Å². The van der Waals surface area contributed by atoms with Crippen LogP contribution in [0.3, 0.4) is 0 Å². The smallest absolute Gasteiger partial charge is 0.229 e. The molecule has 9 heavy (non-hydrogen) atoms. The van der Waals surface area contributed by atoms with Crippen molar-refractivity contribution in [3.8, 4) is 5.75 Å². The molecular weight excluding hydrogens is 147 g/mol. The Morgan fingerprint density at radius 1 is 1.56 bits per heavy atom. The van der Waals surface area contributed by atoms with Crippen molar-refractivity contribution in [2.45, 2.75) is 13.1 Å². The van der Waals surface area contributed by atoms with Gasteiger partial charge in [0.15, 0.2) is 0 Å². The fraction of sp³-hybridized carbons (Fsp3) is 0.333. The van der Waals surface area contributed by atoms with E-state index in [0.717, 1.165) is 13.9 Å². The molecule has 1 aromatic heterocycles. The Balaban J connectivity index is 2.48. The molecule has 1 aromatic rings. The van der Waals surface area contributed by atoms with Crippen molar-refractivity contribution in [3.63, 3.8) is 0 Å². The maximum absolute atomic E-state index is 5.53. The van der Waals surface area contributed by atoms with E-state index in [1.165, 1.54) is 0 Å². The molecule has 1 atom stereocenters. The van der Waals surface area contributed by atoms with Crippen LogP contribution < -0.4 is 4.43 Å². The van der Waals surface area contributed by atoms with Gasteiger partial charge in [0.05, 0.1) is 0 Å². The van der Waals surface area contributed by atoms with E-state index in [4.69, 9.17) is 4.43 Å². The first-order chi connectivity index (χ1) is 4.29. The third-order valence-electron chi connectivity index (χ3n) is 0.941. The van der Waals surface area contributed by atoms with Crippen molar-refractivity contribution < 1.29 is 4.43 Å². The summed E-state index contributed by atoms with van der Waals surface area (Å²) in [5.74, 6) is 5.38. The molecular formula is C6H11OPSi. The van der Waals surface area contributed by atoms with Gasteiger partial charge in [-0.2, -0.15) is 0 Å². The minimum atomic E-state index is -0.839. The van der Waals surface area contributed by atoms with Crippen LogP contribution in [-0.4, -0.2) is 9.04 Å². The second-order valence-corrected chi connectivity index (χ2v) is 5.50. The molecule has 0 amide bonds. The first kappa shape index (κ1) is 6.91. The highest BCUT2D eigenvalue weighted by atomic mass is 31.0. The van der Waals surface area contributed by atoms with Crippen LogP contribution in [0.25, 0.3) is 0 Å². The molecule has 0 spiro atoms. The molecule has 0 saturated heterocycles. The summed E-state index contributed by atoms with van der Waals surface area (Å²) in [7, 11) is 0.00435. The van der Waals surface area contributed by atoms with Gasteiger partial charge in [0.1, 0.15) is 5.75 Å². The molecule has 0 N–H and O–H groups in total. The van der Waals surface area contributed by atoms with Crippen LogP contribution >= 0.6 is 8.19 Å². The summed E-state index contributed by atoms with van der Waals surface area (Å²) in [6.45, 7) is 4.35. The normalized spacial score (nSPS) is 11.0. The van der Waals surface area contributed by atoms with Crippen molar-refractivity contribution in [2.24, 2.45) is 0 Å². The van der Waals surface area contributed by atoms with Crippen molar-refractivity contribution in [3.05, 3.63) is 17.7 Å². The molecule has 0 fully saturated rings. The molecule has 3 heteroatoms. The molecule has 1 rings (SSSR count). The van der Waals surface area contributed by atoms with Gasteiger partial charge in [-0.25, -0.2) is 0 Å². The van der Waals surface area contributed by atoms with E-state index in [-0.39, 0.29) is 0 Å². The maximum atomic E-state index is 5.53. The monoisotopic (exact) mass is 158 g/mol. The van der Waals surface area contributed by atoms with E-state index < -0.39 is 9.04 Å². The molecule has 0 aliphatic rings. The zero-order chi connectivity index (χ0) is 6.69. The first-order valence-electron chi connectivity index (χ1n) is 3.08. The van der Waals surface area contributed by atoms with Crippen molar-refractivity contribution in [1.29, 1.82) is 0 Å². The highest BCUT2D eigenvalue weighted by Gasteiger charge is 1.96. The van der Waals surface area contributed by atoms with E-state index >= 15 is 0 Å². The molecule has 1 unspecified atom stereocenters. The van der Waals surface area contributed by atoms with Gasteiger partial charge in [0.25, 0.3) is 0 Å². The average molecular weight is 158 g/mol. The van der Waals surface area contributed by atoms with Crippen LogP contribution in [0.4, 0.5) is 0 Å². The Labute approximate surface area is 58.9 Å². The van der Waals surface area contributed by atoms with Crippen LogP contribution in [0.15, 0.2) is 17.7 Å². The van der Waals surface area contributed by atoms with E-state index in [1.807, 2.05) is 0 Å². The Kier molecular flexibility index (Phi) is 2.37. The first-order valence-corrected chi connectivity index (χ1v) is 7.02. The highest BCUT2D eigenvalue weighted by Crippen LogP contribution is 2.18. The molecule has 0 bridgehead atoms. The number of rotatable bonds is 2. The number of hydrogen-bond donors (Lipinski definition) is 0. The molecule has 0 aliphatic heterocycles. The lowest BCUT2D eigenvalue weighted by atomic mass is 10.6. The van der Waals surface area contributed by atoms with Crippen LogP contribution in [0.2, 0.25) is 13.1 Å². The zero-order valence-electron chi connectivity index (χ0n) is 5.72. The molecule has 1 heterocycles. The SMILES string of the molecule is C[SiH](C)Oc1cc[pH]c1. The third kappa shape index (κ3) is 2.25. The Bertz CT molecular complexity index is 160. The lowest BCUT2D eigenvalue weighted by molar-refractivity contribution is 0.584. The minimum Gasteiger partial charge on any atom is -0.547 e. The van der Waals surface area contributed by atoms with Gasteiger partial charge < -0.3 is 4.43 Å². The Morgan fingerprint density at radius 2 is 2.33 bits per heavy atom. The largest absolute Gasteiger partial charge is 0.547 e. The summed E-state index contributed by atoms with van der Waals surface area (Å²) in [6, 6.07) is 2.06. The number of hydrogen-bond acceptors (Lipinski definition) is 1. The fourth-order valence-corrected chi connectivity index (χ4v) is 2.17.